The van der Waals surface area contributed by atoms with Crippen LogP contribution in [0.4, 0.5) is 0 Å². The molecule has 8 nitrogen and oxygen atoms in total. The molecule has 31 heavy (non-hydrogen) atoms. The van der Waals surface area contributed by atoms with Crippen LogP contribution in [-0.4, -0.2) is 37.7 Å². The predicted octanol–water partition coefficient (Wildman–Crippen LogP) is 2.12. The van der Waals surface area contributed by atoms with Crippen molar-refractivity contribution in [2.75, 3.05) is 6.54 Å². The van der Waals surface area contributed by atoms with Crippen molar-refractivity contribution < 1.29 is 4.79 Å². The lowest BCUT2D eigenvalue weighted by Crippen LogP contribution is -2.37. The SMILES string of the molecule is O=C(NCc1ccc2cn(CCNC3CCC3)nc2c1)c1cc(=O)n2ccccc2n1. The Morgan fingerprint density at radius 1 is 1.16 bits per heavy atom. The number of rotatable bonds is 7. The molecule has 0 atom stereocenters. The molecule has 158 valence electrons. The smallest absolute Gasteiger partial charge is 0.270 e. The van der Waals surface area contributed by atoms with Crippen LogP contribution in [0.15, 0.2) is 59.7 Å². The summed E-state index contributed by atoms with van der Waals surface area (Å²) in [4.78, 5) is 29.0. The van der Waals surface area contributed by atoms with E-state index in [2.05, 4.69) is 20.7 Å². The molecule has 0 bridgehead atoms. The van der Waals surface area contributed by atoms with Crippen molar-refractivity contribution in [3.05, 3.63) is 76.5 Å². The fourth-order valence-electron chi connectivity index (χ4n) is 3.78. The van der Waals surface area contributed by atoms with Gasteiger partial charge in [0.15, 0.2) is 0 Å². The van der Waals surface area contributed by atoms with Gasteiger partial charge in [-0.1, -0.05) is 24.6 Å². The van der Waals surface area contributed by atoms with E-state index in [0.717, 1.165) is 29.6 Å². The average Bonchev–Trinajstić information content (AvgIpc) is 3.15. The molecule has 3 heterocycles. The first-order valence-corrected chi connectivity index (χ1v) is 10.6. The lowest BCUT2D eigenvalue weighted by atomic mass is 9.93. The Labute approximate surface area is 178 Å². The molecule has 5 rings (SSSR count). The Morgan fingerprint density at radius 2 is 2.06 bits per heavy atom. The van der Waals surface area contributed by atoms with Gasteiger partial charge in [0.25, 0.3) is 11.5 Å². The molecule has 1 aliphatic rings. The monoisotopic (exact) mass is 416 g/mol. The van der Waals surface area contributed by atoms with Gasteiger partial charge in [-0.15, -0.1) is 0 Å². The number of carbonyl (C=O) groups is 1. The molecule has 0 saturated heterocycles. The summed E-state index contributed by atoms with van der Waals surface area (Å²) in [5.74, 6) is -0.379. The van der Waals surface area contributed by atoms with Crippen LogP contribution in [0, 0.1) is 0 Å². The van der Waals surface area contributed by atoms with Crippen molar-refractivity contribution in [1.29, 1.82) is 0 Å². The van der Waals surface area contributed by atoms with Crippen LogP contribution in [0.2, 0.25) is 0 Å². The number of aromatic nitrogens is 4. The molecule has 1 fully saturated rings. The number of fused-ring (bicyclic) bond motifs is 2. The topological polar surface area (TPSA) is 93.3 Å². The van der Waals surface area contributed by atoms with E-state index in [1.807, 2.05) is 29.1 Å². The number of nitrogens with zero attached hydrogens (tertiary/aromatic N) is 4. The van der Waals surface area contributed by atoms with E-state index in [-0.39, 0.29) is 17.2 Å². The fraction of sp³-hybridized carbons (Fsp3) is 0.304. The van der Waals surface area contributed by atoms with Gasteiger partial charge in [-0.3, -0.25) is 18.7 Å². The maximum Gasteiger partial charge on any atom is 0.270 e. The van der Waals surface area contributed by atoms with Crippen molar-refractivity contribution in [2.45, 2.75) is 38.4 Å². The summed E-state index contributed by atoms with van der Waals surface area (Å²) in [5, 5.41) is 12.1. The van der Waals surface area contributed by atoms with Gasteiger partial charge in [-0.2, -0.15) is 5.10 Å². The van der Waals surface area contributed by atoms with Gasteiger partial charge in [-0.25, -0.2) is 4.98 Å². The first-order chi connectivity index (χ1) is 15.2. The Bertz CT molecular complexity index is 1300. The molecule has 1 aromatic carbocycles. The number of carbonyl (C=O) groups excluding carboxylic acids is 1. The molecular weight excluding hydrogens is 392 g/mol. The van der Waals surface area contributed by atoms with Crippen LogP contribution < -0.4 is 16.2 Å². The molecule has 3 aromatic heterocycles. The lowest BCUT2D eigenvalue weighted by Gasteiger charge is -2.26. The Morgan fingerprint density at radius 3 is 2.90 bits per heavy atom. The standard InChI is InChI=1S/C23H24N6O2/c30-22-13-20(26-21-6-1-2-10-29(21)22)23(31)25-14-16-7-8-17-15-28(27-19(17)12-16)11-9-24-18-4-3-5-18/h1-2,6-8,10,12-13,15,18,24H,3-5,9,11,14H2,(H,25,31). The summed E-state index contributed by atoms with van der Waals surface area (Å²) in [6, 6.07) is 13.1. The number of amides is 1. The van der Waals surface area contributed by atoms with Crippen molar-refractivity contribution >= 4 is 22.5 Å². The zero-order valence-electron chi connectivity index (χ0n) is 17.1. The van der Waals surface area contributed by atoms with Crippen molar-refractivity contribution in [3.63, 3.8) is 0 Å². The quantitative estimate of drug-likeness (QED) is 0.481. The van der Waals surface area contributed by atoms with E-state index in [1.54, 1.807) is 24.4 Å². The van der Waals surface area contributed by atoms with E-state index in [4.69, 9.17) is 0 Å². The van der Waals surface area contributed by atoms with Crippen molar-refractivity contribution in [3.8, 4) is 0 Å². The van der Waals surface area contributed by atoms with Gasteiger partial charge in [0, 0.05) is 43.0 Å². The average molecular weight is 416 g/mol. The highest BCUT2D eigenvalue weighted by molar-refractivity contribution is 5.92. The Hall–Kier alpha value is -3.52. The zero-order valence-corrected chi connectivity index (χ0v) is 17.1. The van der Waals surface area contributed by atoms with E-state index in [0.29, 0.717) is 18.2 Å². The largest absolute Gasteiger partial charge is 0.347 e. The lowest BCUT2D eigenvalue weighted by molar-refractivity contribution is 0.0946. The normalized spacial score (nSPS) is 14.1. The maximum absolute atomic E-state index is 12.5. The van der Waals surface area contributed by atoms with Crippen LogP contribution in [0.1, 0.15) is 35.3 Å². The summed E-state index contributed by atoms with van der Waals surface area (Å²) in [7, 11) is 0. The van der Waals surface area contributed by atoms with E-state index < -0.39 is 0 Å². The van der Waals surface area contributed by atoms with Gasteiger partial charge in [0.2, 0.25) is 0 Å². The summed E-state index contributed by atoms with van der Waals surface area (Å²) in [6.45, 7) is 2.08. The van der Waals surface area contributed by atoms with Crippen LogP contribution in [-0.2, 0) is 13.1 Å². The third-order valence-corrected chi connectivity index (χ3v) is 5.75. The van der Waals surface area contributed by atoms with Gasteiger partial charge >= 0.3 is 0 Å². The fourth-order valence-corrected chi connectivity index (χ4v) is 3.78. The minimum absolute atomic E-state index is 0.112. The van der Waals surface area contributed by atoms with Crippen LogP contribution in [0.3, 0.4) is 0 Å². The number of pyridine rings is 1. The molecule has 1 amide bonds. The number of hydrogen-bond acceptors (Lipinski definition) is 5. The molecule has 0 spiro atoms. The molecule has 8 heteroatoms. The van der Waals surface area contributed by atoms with E-state index in [9.17, 15) is 9.59 Å². The van der Waals surface area contributed by atoms with E-state index >= 15 is 0 Å². The van der Waals surface area contributed by atoms with Gasteiger partial charge in [0.05, 0.1) is 12.1 Å². The number of hydrogen-bond donors (Lipinski definition) is 2. The highest BCUT2D eigenvalue weighted by atomic mass is 16.2. The summed E-state index contributed by atoms with van der Waals surface area (Å²) in [6.07, 6.45) is 7.56. The van der Waals surface area contributed by atoms with Crippen LogP contribution >= 0.6 is 0 Å². The highest BCUT2D eigenvalue weighted by Crippen LogP contribution is 2.18. The molecule has 4 aromatic rings. The molecule has 0 unspecified atom stereocenters. The molecule has 1 saturated carbocycles. The van der Waals surface area contributed by atoms with Gasteiger partial charge in [0.1, 0.15) is 11.3 Å². The van der Waals surface area contributed by atoms with Gasteiger partial charge < -0.3 is 10.6 Å². The third kappa shape index (κ3) is 4.20. The van der Waals surface area contributed by atoms with E-state index in [1.165, 1.54) is 29.7 Å². The second-order valence-corrected chi connectivity index (χ2v) is 7.96. The number of nitrogens with one attached hydrogen (secondary N) is 2. The van der Waals surface area contributed by atoms with Crippen LogP contribution in [0.5, 0.6) is 0 Å². The predicted molar refractivity (Wildman–Crippen MR) is 118 cm³/mol. The first kappa shape index (κ1) is 19.4. The van der Waals surface area contributed by atoms with Crippen LogP contribution in [0.25, 0.3) is 16.6 Å². The van der Waals surface area contributed by atoms with Crippen molar-refractivity contribution in [1.82, 2.24) is 29.8 Å². The first-order valence-electron chi connectivity index (χ1n) is 10.6. The second kappa shape index (κ2) is 8.31. The molecule has 2 N–H and O–H groups in total. The highest BCUT2D eigenvalue weighted by Gasteiger charge is 2.16. The summed E-state index contributed by atoms with van der Waals surface area (Å²) < 4.78 is 3.37. The summed E-state index contributed by atoms with van der Waals surface area (Å²) >= 11 is 0. The van der Waals surface area contributed by atoms with Crippen molar-refractivity contribution in [2.24, 2.45) is 0 Å². The molecule has 1 aliphatic carbocycles. The number of benzene rings is 1. The molecule has 0 aliphatic heterocycles. The maximum atomic E-state index is 12.5. The Balaban J connectivity index is 1.23. The summed E-state index contributed by atoms with van der Waals surface area (Å²) in [5.41, 5.74) is 2.11. The second-order valence-electron chi connectivity index (χ2n) is 7.96. The zero-order chi connectivity index (χ0) is 21.2. The third-order valence-electron chi connectivity index (χ3n) is 5.75. The minimum atomic E-state index is -0.379. The molecule has 0 radical (unpaired) electrons. The molecular formula is C23H24N6O2. The Kier molecular flexibility index (Phi) is 5.21. The minimum Gasteiger partial charge on any atom is -0.347 e. The van der Waals surface area contributed by atoms with Gasteiger partial charge in [-0.05, 0) is 36.6 Å².